The van der Waals surface area contributed by atoms with Crippen LogP contribution in [0.4, 0.5) is 4.39 Å². The molecule has 0 aliphatic rings. The van der Waals surface area contributed by atoms with Gasteiger partial charge in [-0.15, -0.1) is 0 Å². The summed E-state index contributed by atoms with van der Waals surface area (Å²) in [6, 6.07) is 19.9. The quantitative estimate of drug-likeness (QED) is 0.847. The zero-order chi connectivity index (χ0) is 15.3. The van der Waals surface area contributed by atoms with Gasteiger partial charge in [-0.1, -0.05) is 74.5 Å². The number of hydrogen-bond donors (Lipinski definition) is 1. The highest BCUT2D eigenvalue weighted by molar-refractivity contribution is 5.23. The summed E-state index contributed by atoms with van der Waals surface area (Å²) in [5, 5.41) is 0. The molecule has 0 amide bonds. The van der Waals surface area contributed by atoms with Gasteiger partial charge in [0.2, 0.25) is 0 Å². The molecule has 2 rings (SSSR count). The molecule has 0 radical (unpaired) electrons. The summed E-state index contributed by atoms with van der Waals surface area (Å²) in [4.78, 5) is 0. The molecule has 0 fully saturated rings. The monoisotopic (exact) mass is 285 g/mol. The molecule has 0 spiro atoms. The number of benzene rings is 2. The summed E-state index contributed by atoms with van der Waals surface area (Å²) in [6.07, 6.45) is 0.0439. The van der Waals surface area contributed by atoms with Crippen LogP contribution in [0.15, 0.2) is 60.7 Å². The van der Waals surface area contributed by atoms with Crippen LogP contribution >= 0.6 is 0 Å². The van der Waals surface area contributed by atoms with Crippen LogP contribution < -0.4 is 5.73 Å². The molecule has 0 aromatic heterocycles. The average Bonchev–Trinajstić information content (AvgIpc) is 2.48. The van der Waals surface area contributed by atoms with Gasteiger partial charge in [0.15, 0.2) is 0 Å². The van der Waals surface area contributed by atoms with E-state index in [0.717, 1.165) is 11.1 Å². The Labute approximate surface area is 127 Å². The van der Waals surface area contributed by atoms with E-state index >= 15 is 0 Å². The van der Waals surface area contributed by atoms with E-state index in [9.17, 15) is 4.39 Å². The summed E-state index contributed by atoms with van der Waals surface area (Å²) < 4.78 is 14.8. The highest BCUT2D eigenvalue weighted by atomic mass is 19.1. The van der Waals surface area contributed by atoms with Crippen molar-refractivity contribution in [1.29, 1.82) is 0 Å². The van der Waals surface area contributed by atoms with Crippen LogP contribution in [0, 0.1) is 5.92 Å². The lowest BCUT2D eigenvalue weighted by Gasteiger charge is -2.35. The van der Waals surface area contributed by atoms with E-state index in [1.165, 1.54) is 0 Å². The zero-order valence-electron chi connectivity index (χ0n) is 12.8. The van der Waals surface area contributed by atoms with Crippen molar-refractivity contribution in [2.45, 2.75) is 38.4 Å². The first kappa shape index (κ1) is 15.7. The van der Waals surface area contributed by atoms with Gasteiger partial charge in [0.25, 0.3) is 0 Å². The van der Waals surface area contributed by atoms with Gasteiger partial charge in [-0.3, -0.25) is 0 Å². The van der Waals surface area contributed by atoms with Crippen LogP contribution in [0.3, 0.4) is 0 Å². The predicted molar refractivity (Wildman–Crippen MR) is 86.9 cm³/mol. The van der Waals surface area contributed by atoms with Crippen LogP contribution in [0.1, 0.15) is 25.0 Å². The molecule has 21 heavy (non-hydrogen) atoms. The molecular formula is C19H24FN. The second-order valence-electron chi connectivity index (χ2n) is 6.20. The van der Waals surface area contributed by atoms with Crippen LogP contribution in [0.25, 0.3) is 0 Å². The second-order valence-corrected chi connectivity index (χ2v) is 6.20. The fourth-order valence-corrected chi connectivity index (χ4v) is 2.87. The Balaban J connectivity index is 2.26. The topological polar surface area (TPSA) is 26.0 Å². The molecule has 112 valence electrons. The van der Waals surface area contributed by atoms with Crippen molar-refractivity contribution in [1.82, 2.24) is 0 Å². The third-order valence-electron chi connectivity index (χ3n) is 3.89. The zero-order valence-corrected chi connectivity index (χ0v) is 12.8. The highest BCUT2D eigenvalue weighted by Gasteiger charge is 2.37. The van der Waals surface area contributed by atoms with Gasteiger partial charge in [-0.2, -0.15) is 0 Å². The minimum absolute atomic E-state index is 0.0950. The predicted octanol–water partition coefficient (Wildman–Crippen LogP) is 4.16. The van der Waals surface area contributed by atoms with E-state index < -0.39 is 11.7 Å². The van der Waals surface area contributed by atoms with E-state index in [1.54, 1.807) is 0 Å². The summed E-state index contributed by atoms with van der Waals surface area (Å²) in [7, 11) is 0. The minimum atomic E-state index is -1.04. The SMILES string of the molecule is CC(C)C(F)C(N)(Cc1ccccc1)Cc1ccccc1. The first-order chi connectivity index (χ1) is 10.0. The van der Waals surface area contributed by atoms with E-state index in [2.05, 4.69) is 0 Å². The molecule has 0 aliphatic carbocycles. The van der Waals surface area contributed by atoms with Crippen LogP contribution in [-0.4, -0.2) is 11.7 Å². The Bertz CT molecular complexity index is 495. The number of hydrogen-bond acceptors (Lipinski definition) is 1. The number of rotatable bonds is 6. The molecule has 0 saturated carbocycles. The third-order valence-corrected chi connectivity index (χ3v) is 3.89. The summed E-state index contributed by atoms with van der Waals surface area (Å²) in [5.74, 6) is -0.0950. The lowest BCUT2D eigenvalue weighted by Crippen LogP contribution is -2.54. The van der Waals surface area contributed by atoms with Crippen molar-refractivity contribution in [2.24, 2.45) is 11.7 Å². The number of alkyl halides is 1. The number of nitrogens with two attached hydrogens (primary N) is 1. The lowest BCUT2D eigenvalue weighted by molar-refractivity contribution is 0.135. The minimum Gasteiger partial charge on any atom is -0.322 e. The van der Waals surface area contributed by atoms with Gasteiger partial charge < -0.3 is 5.73 Å². The Morgan fingerprint density at radius 3 is 1.57 bits per heavy atom. The molecule has 2 aromatic carbocycles. The van der Waals surface area contributed by atoms with Gasteiger partial charge in [0.1, 0.15) is 6.17 Å². The Morgan fingerprint density at radius 2 is 1.24 bits per heavy atom. The fraction of sp³-hybridized carbons (Fsp3) is 0.368. The second kappa shape index (κ2) is 6.86. The molecule has 1 atom stereocenters. The van der Waals surface area contributed by atoms with Gasteiger partial charge in [-0.25, -0.2) is 4.39 Å². The molecule has 0 heterocycles. The maximum atomic E-state index is 14.8. The Kier molecular flexibility index (Phi) is 5.13. The maximum absolute atomic E-state index is 14.8. The van der Waals surface area contributed by atoms with Crippen LogP contribution in [-0.2, 0) is 12.8 Å². The third kappa shape index (κ3) is 4.15. The molecule has 1 nitrogen and oxygen atoms in total. The Morgan fingerprint density at radius 1 is 0.857 bits per heavy atom. The van der Waals surface area contributed by atoms with E-state index in [-0.39, 0.29) is 5.92 Å². The molecule has 1 unspecified atom stereocenters. The van der Waals surface area contributed by atoms with Crippen LogP contribution in [0.5, 0.6) is 0 Å². The summed E-state index contributed by atoms with van der Waals surface area (Å²) in [6.45, 7) is 3.78. The van der Waals surface area contributed by atoms with E-state index in [4.69, 9.17) is 5.73 Å². The first-order valence-electron chi connectivity index (χ1n) is 7.52. The summed E-state index contributed by atoms with van der Waals surface area (Å²) >= 11 is 0. The van der Waals surface area contributed by atoms with Gasteiger partial charge in [-0.05, 0) is 29.9 Å². The smallest absolute Gasteiger partial charge is 0.121 e. The molecule has 0 saturated heterocycles. The van der Waals surface area contributed by atoms with Gasteiger partial charge in [0.05, 0.1) is 5.54 Å². The average molecular weight is 285 g/mol. The fourth-order valence-electron chi connectivity index (χ4n) is 2.87. The van der Waals surface area contributed by atoms with E-state index in [1.807, 2.05) is 74.5 Å². The normalized spacial score (nSPS) is 13.4. The number of halogens is 1. The molecule has 2 aromatic rings. The molecule has 2 N–H and O–H groups in total. The van der Waals surface area contributed by atoms with Crippen molar-refractivity contribution in [3.05, 3.63) is 71.8 Å². The standard InChI is InChI=1S/C19H24FN/c1-15(2)18(20)19(21,13-16-9-5-3-6-10-16)14-17-11-7-4-8-12-17/h3-12,15,18H,13-14,21H2,1-2H3. The molecular weight excluding hydrogens is 261 g/mol. The summed E-state index contributed by atoms with van der Waals surface area (Å²) in [5.41, 5.74) is 7.82. The van der Waals surface area contributed by atoms with Gasteiger partial charge in [0, 0.05) is 0 Å². The van der Waals surface area contributed by atoms with Crippen molar-refractivity contribution < 1.29 is 4.39 Å². The highest BCUT2D eigenvalue weighted by Crippen LogP contribution is 2.27. The molecule has 2 heteroatoms. The largest absolute Gasteiger partial charge is 0.322 e. The van der Waals surface area contributed by atoms with Crippen molar-refractivity contribution in [3.63, 3.8) is 0 Å². The van der Waals surface area contributed by atoms with Crippen molar-refractivity contribution in [2.75, 3.05) is 0 Å². The molecule has 0 aliphatic heterocycles. The first-order valence-corrected chi connectivity index (χ1v) is 7.52. The maximum Gasteiger partial charge on any atom is 0.121 e. The molecule has 0 bridgehead atoms. The van der Waals surface area contributed by atoms with Crippen molar-refractivity contribution in [3.8, 4) is 0 Å². The lowest BCUT2D eigenvalue weighted by atomic mass is 9.78. The van der Waals surface area contributed by atoms with E-state index in [0.29, 0.717) is 12.8 Å². The Hall–Kier alpha value is -1.67. The van der Waals surface area contributed by atoms with Crippen LogP contribution in [0.2, 0.25) is 0 Å². The van der Waals surface area contributed by atoms with Crippen molar-refractivity contribution >= 4 is 0 Å². The van der Waals surface area contributed by atoms with Gasteiger partial charge >= 0.3 is 0 Å².